The van der Waals surface area contributed by atoms with Gasteiger partial charge in [0.05, 0.1) is 0 Å². The Bertz CT molecular complexity index is 186. The molecular formula is C9H21N5. The Kier molecular flexibility index (Phi) is 4.16. The van der Waals surface area contributed by atoms with Crippen LogP contribution in [0.5, 0.6) is 0 Å². The Balaban J connectivity index is 2.16. The quantitative estimate of drug-likeness (QED) is 0.254. The molecule has 5 heteroatoms. The fourth-order valence-corrected chi connectivity index (χ4v) is 1.66. The SMILES string of the molecule is CC1CCN(CCN(N)C(=N)N)CC1. The molecule has 0 amide bonds. The molecule has 0 saturated carbocycles. The summed E-state index contributed by atoms with van der Waals surface area (Å²) in [5.74, 6) is 6.31. The lowest BCUT2D eigenvalue weighted by atomic mass is 9.99. The van der Waals surface area contributed by atoms with Crippen molar-refractivity contribution in [1.29, 1.82) is 5.41 Å². The van der Waals surface area contributed by atoms with Crippen molar-refractivity contribution in [3.8, 4) is 0 Å². The lowest BCUT2D eigenvalue weighted by molar-refractivity contribution is 0.180. The molecule has 0 unspecified atom stereocenters. The maximum atomic E-state index is 7.11. The van der Waals surface area contributed by atoms with Gasteiger partial charge < -0.3 is 10.6 Å². The number of nitrogens with two attached hydrogens (primary N) is 2. The molecule has 82 valence electrons. The van der Waals surface area contributed by atoms with Crippen LogP contribution in [0, 0.1) is 11.3 Å². The summed E-state index contributed by atoms with van der Waals surface area (Å²) >= 11 is 0. The highest BCUT2D eigenvalue weighted by molar-refractivity contribution is 5.73. The van der Waals surface area contributed by atoms with E-state index in [1.807, 2.05) is 0 Å². The van der Waals surface area contributed by atoms with E-state index in [9.17, 15) is 0 Å². The average Bonchev–Trinajstić information content (AvgIpc) is 2.16. The Morgan fingerprint density at radius 2 is 2.07 bits per heavy atom. The van der Waals surface area contributed by atoms with Crippen molar-refractivity contribution in [3.63, 3.8) is 0 Å². The smallest absolute Gasteiger partial charge is 0.202 e. The molecule has 0 bridgehead atoms. The number of likely N-dealkylation sites (tertiary alicyclic amines) is 1. The van der Waals surface area contributed by atoms with Crippen molar-refractivity contribution in [1.82, 2.24) is 9.91 Å². The second-order valence-corrected chi connectivity index (χ2v) is 4.10. The predicted octanol–water partition coefficient (Wildman–Crippen LogP) is -0.213. The van der Waals surface area contributed by atoms with E-state index >= 15 is 0 Å². The largest absolute Gasteiger partial charge is 0.369 e. The number of piperidine rings is 1. The van der Waals surface area contributed by atoms with Gasteiger partial charge in [-0.3, -0.25) is 10.4 Å². The molecule has 0 radical (unpaired) electrons. The van der Waals surface area contributed by atoms with E-state index in [0.717, 1.165) is 25.6 Å². The average molecular weight is 199 g/mol. The minimum Gasteiger partial charge on any atom is -0.369 e. The van der Waals surface area contributed by atoms with Gasteiger partial charge in [-0.25, -0.2) is 5.84 Å². The number of hydrazine groups is 1. The molecule has 0 aromatic rings. The molecule has 0 aromatic heterocycles. The molecule has 0 aromatic carbocycles. The molecule has 14 heavy (non-hydrogen) atoms. The molecule has 1 heterocycles. The Hall–Kier alpha value is -0.810. The van der Waals surface area contributed by atoms with E-state index < -0.39 is 0 Å². The van der Waals surface area contributed by atoms with Gasteiger partial charge in [-0.1, -0.05) is 6.92 Å². The van der Waals surface area contributed by atoms with Crippen LogP contribution < -0.4 is 11.6 Å². The molecule has 0 atom stereocenters. The summed E-state index contributed by atoms with van der Waals surface area (Å²) in [7, 11) is 0. The van der Waals surface area contributed by atoms with Crippen molar-refractivity contribution >= 4 is 5.96 Å². The Labute approximate surface area is 85.5 Å². The maximum Gasteiger partial charge on any atom is 0.202 e. The molecule has 1 rings (SSSR count). The van der Waals surface area contributed by atoms with E-state index in [0.29, 0.717) is 6.54 Å². The lowest BCUT2D eigenvalue weighted by Gasteiger charge is -2.31. The second kappa shape index (κ2) is 5.17. The van der Waals surface area contributed by atoms with Crippen molar-refractivity contribution in [2.75, 3.05) is 26.2 Å². The van der Waals surface area contributed by atoms with Crippen LogP contribution in [-0.4, -0.2) is 42.0 Å². The standard InChI is InChI=1S/C9H21N5/c1-8-2-4-13(5-3-8)6-7-14(12)9(10)11/h8H,2-7,12H2,1H3,(H3,10,11). The number of hydrogen-bond donors (Lipinski definition) is 3. The minimum absolute atomic E-state index is 0.0598. The van der Waals surface area contributed by atoms with Gasteiger partial charge in [0.1, 0.15) is 0 Å². The molecule has 1 fully saturated rings. The fourth-order valence-electron chi connectivity index (χ4n) is 1.66. The predicted molar refractivity (Wildman–Crippen MR) is 57.6 cm³/mol. The van der Waals surface area contributed by atoms with Gasteiger partial charge in [0.25, 0.3) is 0 Å². The van der Waals surface area contributed by atoms with E-state index in [1.165, 1.54) is 17.9 Å². The second-order valence-electron chi connectivity index (χ2n) is 4.10. The first kappa shape index (κ1) is 11.3. The summed E-state index contributed by atoms with van der Waals surface area (Å²) in [4.78, 5) is 2.38. The molecule has 5 N–H and O–H groups in total. The molecule has 1 saturated heterocycles. The van der Waals surface area contributed by atoms with Crippen LogP contribution in [0.15, 0.2) is 0 Å². The monoisotopic (exact) mass is 199 g/mol. The summed E-state index contributed by atoms with van der Waals surface area (Å²) in [6.07, 6.45) is 2.54. The van der Waals surface area contributed by atoms with Crippen LogP contribution in [0.2, 0.25) is 0 Å². The van der Waals surface area contributed by atoms with Gasteiger partial charge in [-0.2, -0.15) is 0 Å². The van der Waals surface area contributed by atoms with Crippen molar-refractivity contribution in [3.05, 3.63) is 0 Å². The zero-order valence-electron chi connectivity index (χ0n) is 8.87. The van der Waals surface area contributed by atoms with Crippen molar-refractivity contribution < 1.29 is 0 Å². The van der Waals surface area contributed by atoms with Gasteiger partial charge in [0.2, 0.25) is 5.96 Å². The third-order valence-corrected chi connectivity index (χ3v) is 2.84. The third kappa shape index (κ3) is 3.51. The zero-order chi connectivity index (χ0) is 10.6. The zero-order valence-corrected chi connectivity index (χ0v) is 8.87. The van der Waals surface area contributed by atoms with E-state index in [-0.39, 0.29) is 5.96 Å². The summed E-state index contributed by atoms with van der Waals surface area (Å²) in [5, 5.41) is 8.40. The lowest BCUT2D eigenvalue weighted by Crippen LogP contribution is -2.47. The normalized spacial score (nSPS) is 19.6. The van der Waals surface area contributed by atoms with E-state index in [2.05, 4.69) is 11.8 Å². The Morgan fingerprint density at radius 3 is 2.57 bits per heavy atom. The van der Waals surface area contributed by atoms with Crippen LogP contribution in [0.1, 0.15) is 19.8 Å². The van der Waals surface area contributed by atoms with E-state index in [4.69, 9.17) is 17.0 Å². The molecular weight excluding hydrogens is 178 g/mol. The molecule has 1 aliphatic rings. The number of nitrogens with one attached hydrogen (secondary N) is 1. The number of nitrogens with zero attached hydrogens (tertiary/aromatic N) is 2. The van der Waals surface area contributed by atoms with Crippen LogP contribution >= 0.6 is 0 Å². The summed E-state index contributed by atoms with van der Waals surface area (Å²) < 4.78 is 0. The van der Waals surface area contributed by atoms with Crippen molar-refractivity contribution in [2.45, 2.75) is 19.8 Å². The highest BCUT2D eigenvalue weighted by Gasteiger charge is 2.15. The Morgan fingerprint density at radius 1 is 1.50 bits per heavy atom. The first-order chi connectivity index (χ1) is 6.59. The van der Waals surface area contributed by atoms with Gasteiger partial charge in [0.15, 0.2) is 0 Å². The van der Waals surface area contributed by atoms with Gasteiger partial charge >= 0.3 is 0 Å². The fraction of sp³-hybridized carbons (Fsp3) is 0.889. The third-order valence-electron chi connectivity index (χ3n) is 2.84. The molecule has 5 nitrogen and oxygen atoms in total. The number of hydrogen-bond acceptors (Lipinski definition) is 3. The van der Waals surface area contributed by atoms with Gasteiger partial charge in [-0.05, 0) is 31.8 Å². The molecule has 1 aliphatic heterocycles. The van der Waals surface area contributed by atoms with Crippen LogP contribution in [0.25, 0.3) is 0 Å². The summed E-state index contributed by atoms with van der Waals surface area (Å²) in [5.41, 5.74) is 5.24. The highest BCUT2D eigenvalue weighted by Crippen LogP contribution is 2.15. The van der Waals surface area contributed by atoms with Crippen molar-refractivity contribution in [2.24, 2.45) is 17.5 Å². The van der Waals surface area contributed by atoms with Crippen LogP contribution in [0.4, 0.5) is 0 Å². The van der Waals surface area contributed by atoms with Gasteiger partial charge in [-0.15, -0.1) is 0 Å². The number of rotatable bonds is 3. The number of guanidine groups is 1. The molecule has 0 aliphatic carbocycles. The van der Waals surface area contributed by atoms with Crippen LogP contribution in [-0.2, 0) is 0 Å². The molecule has 0 spiro atoms. The summed E-state index contributed by atoms with van der Waals surface area (Å²) in [6, 6.07) is 0. The summed E-state index contributed by atoms with van der Waals surface area (Å²) in [6.45, 7) is 6.13. The maximum absolute atomic E-state index is 7.11. The first-order valence-corrected chi connectivity index (χ1v) is 5.18. The highest BCUT2D eigenvalue weighted by atomic mass is 15.5. The van der Waals surface area contributed by atoms with Gasteiger partial charge in [0, 0.05) is 13.1 Å². The first-order valence-electron chi connectivity index (χ1n) is 5.18. The topological polar surface area (TPSA) is 82.4 Å². The minimum atomic E-state index is -0.0598. The van der Waals surface area contributed by atoms with E-state index in [1.54, 1.807) is 0 Å². The van der Waals surface area contributed by atoms with Crippen LogP contribution in [0.3, 0.4) is 0 Å².